The molecule has 0 radical (unpaired) electrons. The number of carbonyl (C=O) groups excluding carboxylic acids is 1. The summed E-state index contributed by atoms with van der Waals surface area (Å²) in [6, 6.07) is 0. The second kappa shape index (κ2) is 14.5. The summed E-state index contributed by atoms with van der Waals surface area (Å²) in [5.74, 6) is -1.15. The molecule has 0 fully saturated rings. The Morgan fingerprint density at radius 2 is 1.36 bits per heavy atom. The standard InChI is InChI=1S/C17H31NO4/c1-3-4-5-6-7-8-9-10-11-12-13-14-15(19)16(18-21)17(20)22-2/h19H,3-14H2,1-2H3/b16-15+. The maximum absolute atomic E-state index is 11.2. The molecule has 0 atom stereocenters. The minimum atomic E-state index is -0.879. The van der Waals surface area contributed by atoms with E-state index in [1.165, 1.54) is 51.4 Å². The van der Waals surface area contributed by atoms with E-state index in [-0.39, 0.29) is 5.76 Å². The average Bonchev–Trinajstić information content (AvgIpc) is 2.53. The second-order valence-electron chi connectivity index (χ2n) is 5.66. The third kappa shape index (κ3) is 10.4. The van der Waals surface area contributed by atoms with Gasteiger partial charge in [-0.2, -0.15) is 0 Å². The minimum Gasteiger partial charge on any atom is -0.510 e. The van der Waals surface area contributed by atoms with Gasteiger partial charge in [-0.3, -0.25) is 0 Å². The summed E-state index contributed by atoms with van der Waals surface area (Å²) in [5.41, 5.74) is -0.505. The van der Waals surface area contributed by atoms with Gasteiger partial charge in [0.1, 0.15) is 5.76 Å². The first-order valence-corrected chi connectivity index (χ1v) is 8.51. The van der Waals surface area contributed by atoms with E-state index in [1.54, 1.807) is 0 Å². The highest BCUT2D eigenvalue weighted by molar-refractivity contribution is 5.88. The molecule has 0 aliphatic heterocycles. The summed E-state index contributed by atoms with van der Waals surface area (Å²) in [6.07, 6.45) is 13.6. The fourth-order valence-electron chi connectivity index (χ4n) is 2.38. The average molecular weight is 313 g/mol. The van der Waals surface area contributed by atoms with Crippen LogP contribution in [0.2, 0.25) is 0 Å². The number of ether oxygens (including phenoxy) is 1. The number of nitroso groups, excluding NO2 is 1. The number of aliphatic hydroxyl groups is 1. The zero-order valence-electron chi connectivity index (χ0n) is 14.1. The molecule has 5 nitrogen and oxygen atoms in total. The number of methoxy groups -OCH3 is 1. The summed E-state index contributed by atoms with van der Waals surface area (Å²) in [5, 5.41) is 12.2. The van der Waals surface area contributed by atoms with Crippen LogP contribution in [0.15, 0.2) is 16.6 Å². The van der Waals surface area contributed by atoms with Gasteiger partial charge in [0.2, 0.25) is 5.70 Å². The van der Waals surface area contributed by atoms with Crippen molar-refractivity contribution >= 4 is 5.97 Å². The molecule has 0 bridgehead atoms. The summed E-state index contributed by atoms with van der Waals surface area (Å²) in [6.45, 7) is 2.23. The van der Waals surface area contributed by atoms with Crippen LogP contribution in [-0.2, 0) is 9.53 Å². The van der Waals surface area contributed by atoms with E-state index in [0.717, 1.165) is 26.4 Å². The zero-order valence-corrected chi connectivity index (χ0v) is 14.1. The van der Waals surface area contributed by atoms with Crippen molar-refractivity contribution < 1.29 is 14.6 Å². The molecule has 0 saturated heterocycles. The Kier molecular flexibility index (Phi) is 13.6. The Bertz CT molecular complexity index is 340. The number of nitrogens with zero attached hydrogens (tertiary/aromatic N) is 1. The van der Waals surface area contributed by atoms with Gasteiger partial charge in [-0.05, 0) is 11.6 Å². The Balaban J connectivity index is 3.58. The Morgan fingerprint density at radius 3 is 1.77 bits per heavy atom. The molecule has 0 heterocycles. The molecule has 0 saturated carbocycles. The Morgan fingerprint density at radius 1 is 0.909 bits per heavy atom. The zero-order chi connectivity index (χ0) is 16.6. The van der Waals surface area contributed by atoms with Gasteiger partial charge in [-0.15, -0.1) is 4.91 Å². The third-order valence-electron chi connectivity index (χ3n) is 3.76. The molecule has 0 spiro atoms. The lowest BCUT2D eigenvalue weighted by Crippen LogP contribution is -2.05. The van der Waals surface area contributed by atoms with Crippen molar-refractivity contribution in [1.29, 1.82) is 0 Å². The first-order valence-electron chi connectivity index (χ1n) is 8.51. The predicted molar refractivity (Wildman–Crippen MR) is 88.5 cm³/mol. The van der Waals surface area contributed by atoms with Gasteiger partial charge in [-0.25, -0.2) is 4.79 Å². The van der Waals surface area contributed by atoms with E-state index >= 15 is 0 Å². The number of carbonyl (C=O) groups is 1. The predicted octanol–water partition coefficient (Wildman–Crippen LogP) is 5.40. The number of unbranched alkanes of at least 4 members (excludes halogenated alkanes) is 10. The van der Waals surface area contributed by atoms with Gasteiger partial charge in [-0.1, -0.05) is 71.1 Å². The van der Waals surface area contributed by atoms with Crippen LogP contribution in [0.1, 0.15) is 84.0 Å². The lowest BCUT2D eigenvalue weighted by molar-refractivity contribution is -0.136. The van der Waals surface area contributed by atoms with Gasteiger partial charge in [0.25, 0.3) is 0 Å². The number of allylic oxidation sites excluding steroid dienone is 1. The summed E-state index contributed by atoms with van der Waals surface area (Å²) < 4.78 is 4.38. The Labute approximate surface area is 134 Å². The monoisotopic (exact) mass is 313 g/mol. The topological polar surface area (TPSA) is 76.0 Å². The number of rotatable bonds is 14. The van der Waals surface area contributed by atoms with Crippen LogP contribution >= 0.6 is 0 Å². The summed E-state index contributed by atoms with van der Waals surface area (Å²) in [7, 11) is 1.16. The quantitative estimate of drug-likeness (QED) is 0.153. The molecule has 0 aliphatic carbocycles. The van der Waals surface area contributed by atoms with Crippen LogP contribution in [0.5, 0.6) is 0 Å². The minimum absolute atomic E-state index is 0.266. The first kappa shape index (κ1) is 20.6. The number of aliphatic hydroxyl groups excluding tert-OH is 1. The molecular weight excluding hydrogens is 282 g/mol. The van der Waals surface area contributed by atoms with Crippen molar-refractivity contribution in [2.24, 2.45) is 5.18 Å². The number of esters is 1. The van der Waals surface area contributed by atoms with Crippen LogP contribution in [0.3, 0.4) is 0 Å². The molecule has 22 heavy (non-hydrogen) atoms. The number of hydrogen-bond donors (Lipinski definition) is 1. The van der Waals surface area contributed by atoms with Crippen molar-refractivity contribution in [3.63, 3.8) is 0 Å². The smallest absolute Gasteiger partial charge is 0.363 e. The van der Waals surface area contributed by atoms with Gasteiger partial charge in [0, 0.05) is 6.42 Å². The van der Waals surface area contributed by atoms with E-state index in [9.17, 15) is 14.8 Å². The van der Waals surface area contributed by atoms with Crippen LogP contribution in [0, 0.1) is 4.91 Å². The third-order valence-corrected chi connectivity index (χ3v) is 3.76. The van der Waals surface area contributed by atoms with E-state index < -0.39 is 11.7 Å². The van der Waals surface area contributed by atoms with E-state index in [4.69, 9.17) is 0 Å². The molecule has 0 aromatic rings. The van der Waals surface area contributed by atoms with Gasteiger partial charge < -0.3 is 9.84 Å². The lowest BCUT2D eigenvalue weighted by atomic mass is 10.0. The molecule has 0 aromatic heterocycles. The van der Waals surface area contributed by atoms with Crippen molar-refractivity contribution in [3.05, 3.63) is 16.4 Å². The highest BCUT2D eigenvalue weighted by atomic mass is 16.5. The van der Waals surface area contributed by atoms with Crippen LogP contribution < -0.4 is 0 Å². The Hall–Kier alpha value is -1.39. The van der Waals surface area contributed by atoms with Crippen LogP contribution in [0.4, 0.5) is 0 Å². The fourth-order valence-corrected chi connectivity index (χ4v) is 2.38. The summed E-state index contributed by atoms with van der Waals surface area (Å²) >= 11 is 0. The molecule has 128 valence electrons. The molecular formula is C17H31NO4. The largest absolute Gasteiger partial charge is 0.510 e. The number of hydrogen-bond acceptors (Lipinski definition) is 5. The van der Waals surface area contributed by atoms with Gasteiger partial charge >= 0.3 is 5.97 Å². The summed E-state index contributed by atoms with van der Waals surface area (Å²) in [4.78, 5) is 21.6. The molecule has 0 amide bonds. The van der Waals surface area contributed by atoms with Crippen LogP contribution in [0.25, 0.3) is 0 Å². The van der Waals surface area contributed by atoms with E-state index in [0.29, 0.717) is 6.42 Å². The SMILES string of the molecule is CCCCCCCCCCCCC/C(O)=C(\N=O)C(=O)OC. The normalized spacial score (nSPS) is 11.9. The lowest BCUT2D eigenvalue weighted by Gasteiger charge is -2.04. The van der Waals surface area contributed by atoms with Crippen molar-refractivity contribution in [3.8, 4) is 0 Å². The highest BCUT2D eigenvalue weighted by Crippen LogP contribution is 2.15. The molecule has 1 N–H and O–H groups in total. The molecule has 0 unspecified atom stereocenters. The van der Waals surface area contributed by atoms with E-state index in [2.05, 4.69) is 16.8 Å². The van der Waals surface area contributed by atoms with Crippen molar-refractivity contribution in [1.82, 2.24) is 0 Å². The van der Waals surface area contributed by atoms with Crippen molar-refractivity contribution in [2.45, 2.75) is 84.0 Å². The highest BCUT2D eigenvalue weighted by Gasteiger charge is 2.16. The maximum atomic E-state index is 11.2. The van der Waals surface area contributed by atoms with Gasteiger partial charge in [0.05, 0.1) is 7.11 Å². The molecule has 0 aliphatic rings. The fraction of sp³-hybridized carbons (Fsp3) is 0.824. The van der Waals surface area contributed by atoms with Crippen molar-refractivity contribution in [2.75, 3.05) is 7.11 Å². The van der Waals surface area contributed by atoms with Gasteiger partial charge in [0.15, 0.2) is 0 Å². The maximum Gasteiger partial charge on any atom is 0.363 e. The molecule has 0 rings (SSSR count). The second-order valence-corrected chi connectivity index (χ2v) is 5.66. The molecule has 0 aromatic carbocycles. The van der Waals surface area contributed by atoms with E-state index in [1.807, 2.05) is 0 Å². The van der Waals surface area contributed by atoms with Crippen LogP contribution in [-0.4, -0.2) is 18.2 Å². The molecule has 5 heteroatoms. The first-order chi connectivity index (χ1) is 10.7.